The topological polar surface area (TPSA) is 35.5 Å². The van der Waals surface area contributed by atoms with Crippen LogP contribution < -0.4 is 10.2 Å². The van der Waals surface area contributed by atoms with Crippen LogP contribution in [0.1, 0.15) is 38.3 Å². The molecular weight excluding hydrogens is 299 g/mol. The first-order valence-electron chi connectivity index (χ1n) is 8.15. The highest BCUT2D eigenvalue weighted by Gasteiger charge is 2.21. The smallest absolute Gasteiger partial charge is 0.123 e. The van der Waals surface area contributed by atoms with Gasteiger partial charge in [-0.15, -0.1) is 0 Å². The number of piperidine rings is 1. The Labute approximate surface area is 137 Å². The molecule has 0 amide bonds. The van der Waals surface area contributed by atoms with Gasteiger partial charge in [0, 0.05) is 37.1 Å². The van der Waals surface area contributed by atoms with Crippen molar-refractivity contribution in [3.8, 4) is 0 Å². The van der Waals surface area contributed by atoms with Crippen molar-refractivity contribution < 1.29 is 9.50 Å². The minimum Gasteiger partial charge on any atom is -0.393 e. The molecule has 2 N–H and O–H groups in total. The predicted molar refractivity (Wildman–Crippen MR) is 93.3 cm³/mol. The van der Waals surface area contributed by atoms with Gasteiger partial charge in [-0.1, -0.05) is 6.92 Å². The first-order valence-corrected chi connectivity index (χ1v) is 9.31. The summed E-state index contributed by atoms with van der Waals surface area (Å²) >= 11 is 1.91. The standard InChI is InChI=1S/C17H27FN2OS/c1-3-22-11-8-19-13(2)16-12-14(18)4-5-17(16)20-9-6-15(21)7-10-20/h4-5,12-13,15,19,21H,3,6-11H2,1-2H3. The summed E-state index contributed by atoms with van der Waals surface area (Å²) in [5.41, 5.74) is 2.11. The van der Waals surface area contributed by atoms with Gasteiger partial charge in [-0.2, -0.15) is 11.8 Å². The molecule has 1 unspecified atom stereocenters. The highest BCUT2D eigenvalue weighted by Crippen LogP contribution is 2.29. The summed E-state index contributed by atoms with van der Waals surface area (Å²) < 4.78 is 13.7. The van der Waals surface area contributed by atoms with E-state index < -0.39 is 0 Å². The van der Waals surface area contributed by atoms with Crippen molar-refractivity contribution in [2.45, 2.75) is 38.8 Å². The molecule has 22 heavy (non-hydrogen) atoms. The van der Waals surface area contributed by atoms with Crippen LogP contribution in [0.5, 0.6) is 0 Å². The number of aliphatic hydroxyl groups is 1. The van der Waals surface area contributed by atoms with Gasteiger partial charge in [0.15, 0.2) is 0 Å². The molecule has 1 aliphatic heterocycles. The van der Waals surface area contributed by atoms with Gasteiger partial charge >= 0.3 is 0 Å². The molecule has 0 saturated carbocycles. The molecule has 0 aromatic heterocycles. The lowest BCUT2D eigenvalue weighted by Crippen LogP contribution is -2.37. The summed E-state index contributed by atoms with van der Waals surface area (Å²) in [5, 5.41) is 13.1. The maximum atomic E-state index is 13.7. The van der Waals surface area contributed by atoms with Gasteiger partial charge < -0.3 is 15.3 Å². The van der Waals surface area contributed by atoms with E-state index in [1.807, 2.05) is 17.8 Å². The molecule has 1 fully saturated rings. The van der Waals surface area contributed by atoms with Crippen molar-refractivity contribution in [3.05, 3.63) is 29.6 Å². The lowest BCUT2D eigenvalue weighted by Gasteiger charge is -2.34. The fraction of sp³-hybridized carbons (Fsp3) is 0.647. The van der Waals surface area contributed by atoms with Crippen LogP contribution in [0.3, 0.4) is 0 Å². The third-order valence-electron chi connectivity index (χ3n) is 4.16. The minimum absolute atomic E-state index is 0.120. The van der Waals surface area contributed by atoms with Gasteiger partial charge in [-0.05, 0) is 49.3 Å². The third-order valence-corrected chi connectivity index (χ3v) is 5.06. The van der Waals surface area contributed by atoms with Crippen molar-refractivity contribution in [2.24, 2.45) is 0 Å². The zero-order valence-corrected chi connectivity index (χ0v) is 14.3. The number of halogens is 1. The van der Waals surface area contributed by atoms with E-state index in [2.05, 4.69) is 24.1 Å². The Morgan fingerprint density at radius 2 is 2.14 bits per heavy atom. The number of aliphatic hydroxyl groups excluding tert-OH is 1. The van der Waals surface area contributed by atoms with Crippen LogP contribution >= 0.6 is 11.8 Å². The van der Waals surface area contributed by atoms with Crippen molar-refractivity contribution in [1.29, 1.82) is 0 Å². The van der Waals surface area contributed by atoms with E-state index >= 15 is 0 Å². The number of anilines is 1. The molecule has 5 heteroatoms. The molecule has 1 saturated heterocycles. The summed E-state index contributed by atoms with van der Waals surface area (Å²) in [7, 11) is 0. The van der Waals surface area contributed by atoms with Gasteiger partial charge in [-0.25, -0.2) is 4.39 Å². The first-order chi connectivity index (χ1) is 10.6. The van der Waals surface area contributed by atoms with Crippen LogP contribution in [-0.4, -0.2) is 42.4 Å². The van der Waals surface area contributed by atoms with Gasteiger partial charge in [0.25, 0.3) is 0 Å². The number of thioether (sulfide) groups is 1. The maximum absolute atomic E-state index is 13.7. The normalized spacial score (nSPS) is 17.7. The lowest BCUT2D eigenvalue weighted by atomic mass is 10.0. The SMILES string of the molecule is CCSCCNC(C)c1cc(F)ccc1N1CCC(O)CC1. The number of rotatable bonds is 7. The monoisotopic (exact) mass is 326 g/mol. The summed E-state index contributed by atoms with van der Waals surface area (Å²) in [6.45, 7) is 6.84. The number of hydrogen-bond donors (Lipinski definition) is 2. The average Bonchev–Trinajstić information content (AvgIpc) is 2.52. The number of hydrogen-bond acceptors (Lipinski definition) is 4. The second kappa shape index (κ2) is 8.75. The Balaban J connectivity index is 2.06. The van der Waals surface area contributed by atoms with E-state index in [1.54, 1.807) is 6.07 Å². The van der Waals surface area contributed by atoms with Gasteiger partial charge in [0.1, 0.15) is 5.82 Å². The predicted octanol–water partition coefficient (Wildman–Crippen LogP) is 3.19. The van der Waals surface area contributed by atoms with E-state index in [0.717, 1.165) is 55.2 Å². The van der Waals surface area contributed by atoms with Crippen molar-refractivity contribution in [1.82, 2.24) is 5.32 Å². The Morgan fingerprint density at radius 3 is 2.82 bits per heavy atom. The Kier molecular flexibility index (Phi) is 6.99. The fourth-order valence-electron chi connectivity index (χ4n) is 2.87. The van der Waals surface area contributed by atoms with Crippen LogP contribution in [0.15, 0.2) is 18.2 Å². The van der Waals surface area contributed by atoms with Crippen LogP contribution in [0.4, 0.5) is 10.1 Å². The fourth-order valence-corrected chi connectivity index (χ4v) is 3.42. The van der Waals surface area contributed by atoms with Crippen molar-refractivity contribution >= 4 is 17.4 Å². The third kappa shape index (κ3) is 4.86. The Bertz CT molecular complexity index is 464. The minimum atomic E-state index is -0.193. The molecule has 1 atom stereocenters. The van der Waals surface area contributed by atoms with Crippen molar-refractivity contribution in [2.75, 3.05) is 36.0 Å². The Hall–Kier alpha value is -0.780. The number of nitrogens with one attached hydrogen (secondary N) is 1. The molecule has 0 bridgehead atoms. The molecule has 0 radical (unpaired) electrons. The quantitative estimate of drug-likeness (QED) is 0.754. The first kappa shape index (κ1) is 17.6. The zero-order chi connectivity index (χ0) is 15.9. The summed E-state index contributed by atoms with van der Waals surface area (Å²) in [4.78, 5) is 2.26. The van der Waals surface area contributed by atoms with Crippen LogP contribution in [0, 0.1) is 5.82 Å². The van der Waals surface area contributed by atoms with E-state index in [0.29, 0.717) is 0 Å². The lowest BCUT2D eigenvalue weighted by molar-refractivity contribution is 0.145. The van der Waals surface area contributed by atoms with Gasteiger partial charge in [0.2, 0.25) is 0 Å². The van der Waals surface area contributed by atoms with E-state index in [-0.39, 0.29) is 18.0 Å². The van der Waals surface area contributed by atoms with E-state index in [4.69, 9.17) is 0 Å². The van der Waals surface area contributed by atoms with E-state index in [1.165, 1.54) is 6.07 Å². The highest BCUT2D eigenvalue weighted by molar-refractivity contribution is 7.99. The molecule has 0 spiro atoms. The molecule has 1 aromatic carbocycles. The molecule has 3 nitrogen and oxygen atoms in total. The largest absolute Gasteiger partial charge is 0.393 e. The highest BCUT2D eigenvalue weighted by atomic mass is 32.2. The zero-order valence-electron chi connectivity index (χ0n) is 13.5. The second-order valence-electron chi connectivity index (χ2n) is 5.79. The van der Waals surface area contributed by atoms with Crippen molar-refractivity contribution in [3.63, 3.8) is 0 Å². The molecule has 0 aliphatic carbocycles. The molecular formula is C17H27FN2OS. The van der Waals surface area contributed by atoms with Gasteiger partial charge in [0.05, 0.1) is 6.10 Å². The van der Waals surface area contributed by atoms with Crippen LogP contribution in [0.2, 0.25) is 0 Å². The summed E-state index contributed by atoms with van der Waals surface area (Å²) in [5.74, 6) is 2.01. The molecule has 1 heterocycles. The van der Waals surface area contributed by atoms with E-state index in [9.17, 15) is 9.50 Å². The number of nitrogens with zero attached hydrogens (tertiary/aromatic N) is 1. The molecule has 2 rings (SSSR count). The maximum Gasteiger partial charge on any atom is 0.123 e. The average molecular weight is 326 g/mol. The van der Waals surface area contributed by atoms with Crippen LogP contribution in [-0.2, 0) is 0 Å². The second-order valence-corrected chi connectivity index (χ2v) is 7.19. The molecule has 1 aromatic rings. The molecule has 124 valence electrons. The molecule has 1 aliphatic rings. The summed E-state index contributed by atoms with van der Waals surface area (Å²) in [6.07, 6.45) is 1.37. The summed E-state index contributed by atoms with van der Waals surface area (Å²) in [6, 6.07) is 5.17. The Morgan fingerprint density at radius 1 is 1.41 bits per heavy atom. The van der Waals surface area contributed by atoms with Crippen LogP contribution in [0.25, 0.3) is 0 Å². The van der Waals surface area contributed by atoms with Gasteiger partial charge in [-0.3, -0.25) is 0 Å². The number of benzene rings is 1.